The Bertz CT molecular complexity index is 114. The van der Waals surface area contributed by atoms with Gasteiger partial charge in [-0.3, -0.25) is 0 Å². The SMILES string of the molecule is CCCCOCCOCC(=O)[O-]. The van der Waals surface area contributed by atoms with E-state index < -0.39 is 5.97 Å². The van der Waals surface area contributed by atoms with Gasteiger partial charge in [-0.05, 0) is 6.42 Å². The van der Waals surface area contributed by atoms with Gasteiger partial charge in [-0.1, -0.05) is 13.3 Å². The molecule has 0 saturated carbocycles. The summed E-state index contributed by atoms with van der Waals surface area (Å²) in [6.45, 7) is 3.21. The predicted octanol–water partition coefficient (Wildman–Crippen LogP) is -0.430. The number of carboxylic acids is 1. The van der Waals surface area contributed by atoms with Crippen LogP contribution in [-0.4, -0.2) is 32.4 Å². The molecule has 0 unspecified atom stereocenters. The molecular weight excluding hydrogens is 160 g/mol. The number of hydrogen-bond acceptors (Lipinski definition) is 4. The largest absolute Gasteiger partial charge is 0.548 e. The van der Waals surface area contributed by atoms with Crippen molar-refractivity contribution < 1.29 is 19.4 Å². The number of unbranched alkanes of at least 4 members (excludes halogenated alkanes) is 1. The van der Waals surface area contributed by atoms with Gasteiger partial charge in [0, 0.05) is 6.61 Å². The number of rotatable bonds is 8. The lowest BCUT2D eigenvalue weighted by atomic mass is 10.4. The molecule has 0 bridgehead atoms. The molecule has 0 aliphatic heterocycles. The Kier molecular flexibility index (Phi) is 8.05. The van der Waals surface area contributed by atoms with E-state index >= 15 is 0 Å². The van der Waals surface area contributed by atoms with E-state index in [1.165, 1.54) is 0 Å². The molecule has 0 saturated heterocycles. The molecule has 0 spiro atoms. The zero-order valence-electron chi connectivity index (χ0n) is 7.38. The first-order valence-electron chi connectivity index (χ1n) is 4.12. The third-order valence-electron chi connectivity index (χ3n) is 1.23. The van der Waals surface area contributed by atoms with Crippen LogP contribution in [0.5, 0.6) is 0 Å². The van der Waals surface area contributed by atoms with E-state index in [0.29, 0.717) is 19.8 Å². The van der Waals surface area contributed by atoms with Crippen molar-refractivity contribution in [2.24, 2.45) is 0 Å². The zero-order chi connectivity index (χ0) is 9.23. The summed E-state index contributed by atoms with van der Waals surface area (Å²) >= 11 is 0. The quantitative estimate of drug-likeness (QED) is 0.470. The van der Waals surface area contributed by atoms with Crippen LogP contribution in [0.4, 0.5) is 0 Å². The van der Waals surface area contributed by atoms with Crippen LogP contribution in [-0.2, 0) is 14.3 Å². The van der Waals surface area contributed by atoms with Gasteiger partial charge in [0.25, 0.3) is 0 Å². The fourth-order valence-corrected chi connectivity index (χ4v) is 0.622. The summed E-state index contributed by atoms with van der Waals surface area (Å²) in [6.07, 6.45) is 2.13. The van der Waals surface area contributed by atoms with Gasteiger partial charge in [0.15, 0.2) is 0 Å². The van der Waals surface area contributed by atoms with Crippen molar-refractivity contribution >= 4 is 5.97 Å². The number of carboxylic acid groups (broad SMARTS) is 1. The molecule has 0 aliphatic carbocycles. The van der Waals surface area contributed by atoms with E-state index in [0.717, 1.165) is 12.8 Å². The van der Waals surface area contributed by atoms with Gasteiger partial charge in [0.1, 0.15) is 0 Å². The Morgan fingerprint density at radius 2 is 1.92 bits per heavy atom. The highest BCUT2D eigenvalue weighted by Crippen LogP contribution is 1.87. The second-order valence-corrected chi connectivity index (χ2v) is 2.39. The molecule has 4 heteroatoms. The van der Waals surface area contributed by atoms with Crippen molar-refractivity contribution in [1.82, 2.24) is 0 Å². The van der Waals surface area contributed by atoms with Gasteiger partial charge in [-0.2, -0.15) is 0 Å². The number of carbonyl (C=O) groups excluding carboxylic acids is 1. The summed E-state index contributed by atoms with van der Waals surface area (Å²) in [5.41, 5.74) is 0. The third-order valence-corrected chi connectivity index (χ3v) is 1.23. The highest BCUT2D eigenvalue weighted by molar-refractivity contribution is 5.65. The van der Waals surface area contributed by atoms with E-state index in [1.807, 2.05) is 0 Å². The topological polar surface area (TPSA) is 58.6 Å². The molecule has 0 fully saturated rings. The molecular formula is C8H15O4-. The Hall–Kier alpha value is -0.610. The van der Waals surface area contributed by atoms with E-state index in [1.54, 1.807) is 0 Å². The minimum atomic E-state index is -1.19. The lowest BCUT2D eigenvalue weighted by Crippen LogP contribution is -2.28. The molecule has 0 aliphatic rings. The molecule has 0 rings (SSSR count). The first kappa shape index (κ1) is 11.4. The van der Waals surface area contributed by atoms with Crippen molar-refractivity contribution in [3.05, 3.63) is 0 Å². The average Bonchev–Trinajstić information content (AvgIpc) is 2.02. The first-order chi connectivity index (χ1) is 5.77. The van der Waals surface area contributed by atoms with Gasteiger partial charge >= 0.3 is 0 Å². The van der Waals surface area contributed by atoms with E-state index in [2.05, 4.69) is 11.7 Å². The summed E-state index contributed by atoms with van der Waals surface area (Å²) in [6, 6.07) is 0. The number of ether oxygens (including phenoxy) is 2. The maximum atomic E-state index is 9.86. The maximum Gasteiger partial charge on any atom is 0.0862 e. The van der Waals surface area contributed by atoms with Crippen LogP contribution >= 0.6 is 0 Å². The molecule has 4 nitrogen and oxygen atoms in total. The second kappa shape index (κ2) is 8.49. The Morgan fingerprint density at radius 3 is 2.50 bits per heavy atom. The predicted molar refractivity (Wildman–Crippen MR) is 41.6 cm³/mol. The van der Waals surface area contributed by atoms with Crippen LogP contribution in [0.15, 0.2) is 0 Å². The Labute approximate surface area is 72.5 Å². The summed E-state index contributed by atoms with van der Waals surface area (Å²) < 4.78 is 9.81. The lowest BCUT2D eigenvalue weighted by Gasteiger charge is -2.05. The van der Waals surface area contributed by atoms with E-state index in [-0.39, 0.29) is 6.61 Å². The highest BCUT2D eigenvalue weighted by Gasteiger charge is 1.89. The number of aliphatic carboxylic acids is 1. The molecule has 0 aromatic carbocycles. The van der Waals surface area contributed by atoms with Crippen LogP contribution in [0.25, 0.3) is 0 Å². The van der Waals surface area contributed by atoms with Crippen LogP contribution in [0, 0.1) is 0 Å². The van der Waals surface area contributed by atoms with Crippen molar-refractivity contribution in [2.75, 3.05) is 26.4 Å². The molecule has 12 heavy (non-hydrogen) atoms. The van der Waals surface area contributed by atoms with E-state index in [4.69, 9.17) is 4.74 Å². The van der Waals surface area contributed by atoms with E-state index in [9.17, 15) is 9.90 Å². The van der Waals surface area contributed by atoms with Crippen molar-refractivity contribution in [1.29, 1.82) is 0 Å². The van der Waals surface area contributed by atoms with Crippen LogP contribution < -0.4 is 5.11 Å². The standard InChI is InChI=1S/C8H16O4/c1-2-3-4-11-5-6-12-7-8(9)10/h2-7H2,1H3,(H,9,10)/p-1. The smallest absolute Gasteiger partial charge is 0.0862 e. The molecule has 0 N–H and O–H groups in total. The molecule has 0 radical (unpaired) electrons. The fourth-order valence-electron chi connectivity index (χ4n) is 0.622. The molecule has 0 aromatic rings. The summed E-state index contributed by atoms with van der Waals surface area (Å²) in [5.74, 6) is -1.19. The van der Waals surface area contributed by atoms with Crippen molar-refractivity contribution in [2.45, 2.75) is 19.8 Å². The second-order valence-electron chi connectivity index (χ2n) is 2.39. The zero-order valence-corrected chi connectivity index (χ0v) is 7.38. The highest BCUT2D eigenvalue weighted by atomic mass is 16.5. The minimum absolute atomic E-state index is 0.317. The van der Waals surface area contributed by atoms with Crippen molar-refractivity contribution in [3.8, 4) is 0 Å². The molecule has 72 valence electrons. The maximum absolute atomic E-state index is 9.86. The molecule has 0 amide bonds. The summed E-state index contributed by atoms with van der Waals surface area (Å²) in [5, 5.41) is 9.86. The third kappa shape index (κ3) is 9.39. The van der Waals surface area contributed by atoms with Crippen LogP contribution in [0.1, 0.15) is 19.8 Å². The van der Waals surface area contributed by atoms with Crippen LogP contribution in [0.2, 0.25) is 0 Å². The van der Waals surface area contributed by atoms with Gasteiger partial charge in [-0.25, -0.2) is 0 Å². The summed E-state index contributed by atoms with van der Waals surface area (Å²) in [7, 11) is 0. The van der Waals surface area contributed by atoms with Gasteiger partial charge in [0.05, 0.1) is 25.8 Å². The molecule has 0 heterocycles. The first-order valence-corrected chi connectivity index (χ1v) is 4.12. The summed E-state index contributed by atoms with van der Waals surface area (Å²) in [4.78, 5) is 9.86. The lowest BCUT2D eigenvalue weighted by molar-refractivity contribution is -0.309. The van der Waals surface area contributed by atoms with Crippen LogP contribution in [0.3, 0.4) is 0 Å². The minimum Gasteiger partial charge on any atom is -0.548 e. The van der Waals surface area contributed by atoms with Gasteiger partial charge in [0.2, 0.25) is 0 Å². The monoisotopic (exact) mass is 175 g/mol. The van der Waals surface area contributed by atoms with Gasteiger partial charge in [-0.15, -0.1) is 0 Å². The molecule has 0 atom stereocenters. The Morgan fingerprint density at radius 1 is 1.25 bits per heavy atom. The van der Waals surface area contributed by atoms with Crippen molar-refractivity contribution in [3.63, 3.8) is 0 Å². The Balaban J connectivity index is 2.86. The number of hydrogen-bond donors (Lipinski definition) is 0. The van der Waals surface area contributed by atoms with Gasteiger partial charge < -0.3 is 19.4 Å². The normalized spacial score (nSPS) is 10.1. The fraction of sp³-hybridized carbons (Fsp3) is 0.875. The average molecular weight is 175 g/mol. The molecule has 0 aromatic heterocycles. The number of carbonyl (C=O) groups is 1.